The van der Waals surface area contributed by atoms with Gasteiger partial charge in [0, 0.05) is 28.4 Å². The van der Waals surface area contributed by atoms with E-state index in [-0.39, 0.29) is 24.4 Å². The molecule has 0 fully saturated rings. The number of fused-ring (bicyclic) bond motifs is 3. The lowest BCUT2D eigenvalue weighted by molar-refractivity contribution is -0.120. The van der Waals surface area contributed by atoms with Gasteiger partial charge >= 0.3 is 0 Å². The van der Waals surface area contributed by atoms with Crippen LogP contribution in [0.1, 0.15) is 41.5 Å². The minimum Gasteiger partial charge on any atom is -0.497 e. The molecule has 3 aromatic carbocycles. The topological polar surface area (TPSA) is 64.0 Å². The van der Waals surface area contributed by atoms with Gasteiger partial charge in [-0.3, -0.25) is 14.5 Å². The molecule has 39 heavy (non-hydrogen) atoms. The van der Waals surface area contributed by atoms with E-state index >= 15 is 0 Å². The van der Waals surface area contributed by atoms with Crippen molar-refractivity contribution in [2.45, 2.75) is 25.9 Å². The molecule has 7 nitrogen and oxygen atoms in total. The number of para-hydroxylation sites is 2. The van der Waals surface area contributed by atoms with Crippen molar-refractivity contribution in [3.05, 3.63) is 107 Å². The summed E-state index contributed by atoms with van der Waals surface area (Å²) in [5, 5.41) is 0.543. The summed E-state index contributed by atoms with van der Waals surface area (Å²) in [6.45, 7) is 3.69. The number of anilines is 1. The number of rotatable bonds is 7. The molecule has 200 valence electrons. The summed E-state index contributed by atoms with van der Waals surface area (Å²) < 4.78 is 13.4. The maximum absolute atomic E-state index is 14.4. The zero-order valence-corrected chi connectivity index (χ0v) is 23.1. The van der Waals surface area contributed by atoms with Gasteiger partial charge in [-0.05, 0) is 80.6 Å². The Morgan fingerprint density at radius 2 is 1.64 bits per heavy atom. The van der Waals surface area contributed by atoms with Gasteiger partial charge in [0.05, 0.1) is 31.3 Å². The Morgan fingerprint density at radius 3 is 2.31 bits per heavy atom. The number of carbonyl (C=O) groups is 2. The lowest BCUT2D eigenvalue weighted by atomic mass is 9.96. The Balaban J connectivity index is 1.62. The molecular formula is C31H30ClN3O4. The van der Waals surface area contributed by atoms with Crippen molar-refractivity contribution < 1.29 is 19.1 Å². The Kier molecular flexibility index (Phi) is 7.35. The number of hydrogen-bond acceptors (Lipinski definition) is 4. The first-order chi connectivity index (χ1) is 18.8. The van der Waals surface area contributed by atoms with Crippen molar-refractivity contribution in [3.8, 4) is 17.2 Å². The quantitative estimate of drug-likeness (QED) is 0.281. The number of nitrogens with zero attached hydrogens (tertiary/aromatic N) is 3. The van der Waals surface area contributed by atoms with Crippen molar-refractivity contribution in [2.75, 3.05) is 25.7 Å². The fraction of sp³-hybridized carbons (Fsp3) is 0.226. The van der Waals surface area contributed by atoms with E-state index in [2.05, 4.69) is 4.57 Å². The third-order valence-electron chi connectivity index (χ3n) is 7.00. The molecular weight excluding hydrogens is 514 g/mol. The highest BCUT2D eigenvalue weighted by atomic mass is 35.5. The molecule has 0 saturated carbocycles. The lowest BCUT2D eigenvalue weighted by Gasteiger charge is -2.40. The van der Waals surface area contributed by atoms with Crippen LogP contribution in [0.5, 0.6) is 11.5 Å². The molecule has 0 N–H and O–H groups in total. The van der Waals surface area contributed by atoms with E-state index in [1.54, 1.807) is 48.3 Å². The first-order valence-corrected chi connectivity index (χ1v) is 13.1. The molecule has 2 heterocycles. The van der Waals surface area contributed by atoms with Crippen LogP contribution in [-0.2, 0) is 4.79 Å². The van der Waals surface area contributed by atoms with E-state index in [0.29, 0.717) is 22.1 Å². The van der Waals surface area contributed by atoms with E-state index in [0.717, 1.165) is 22.6 Å². The highest BCUT2D eigenvalue weighted by Crippen LogP contribution is 2.45. The largest absolute Gasteiger partial charge is 0.497 e. The van der Waals surface area contributed by atoms with Gasteiger partial charge in [0.2, 0.25) is 5.91 Å². The molecule has 1 aromatic heterocycles. The molecule has 1 unspecified atom stereocenters. The number of aromatic nitrogens is 1. The SMILES string of the molecule is COc1ccc(OC)c(C2c3cccn3-c3ccccc3N2C(=O)CN(C(=O)c2ccc(Cl)cc2)C(C)C)c1. The molecule has 4 aromatic rings. The molecule has 0 spiro atoms. The molecule has 0 radical (unpaired) electrons. The van der Waals surface area contributed by atoms with Crippen molar-refractivity contribution in [3.63, 3.8) is 0 Å². The predicted octanol–water partition coefficient (Wildman–Crippen LogP) is 6.13. The third kappa shape index (κ3) is 4.86. The first-order valence-electron chi connectivity index (χ1n) is 12.7. The first kappa shape index (κ1) is 26.4. The molecule has 0 bridgehead atoms. The fourth-order valence-corrected chi connectivity index (χ4v) is 5.20. The van der Waals surface area contributed by atoms with Gasteiger partial charge in [-0.25, -0.2) is 0 Å². The molecule has 5 rings (SSSR count). The van der Waals surface area contributed by atoms with E-state index in [1.165, 1.54) is 0 Å². The summed E-state index contributed by atoms with van der Waals surface area (Å²) in [6, 6.07) is 23.3. The molecule has 0 aliphatic carbocycles. The van der Waals surface area contributed by atoms with Gasteiger partial charge in [-0.2, -0.15) is 0 Å². The summed E-state index contributed by atoms with van der Waals surface area (Å²) in [6.07, 6.45) is 1.99. The maximum Gasteiger partial charge on any atom is 0.254 e. The van der Waals surface area contributed by atoms with Crippen molar-refractivity contribution >= 4 is 29.1 Å². The number of methoxy groups -OCH3 is 2. The predicted molar refractivity (Wildman–Crippen MR) is 152 cm³/mol. The van der Waals surface area contributed by atoms with Crippen LogP contribution in [0.3, 0.4) is 0 Å². The number of amides is 2. The van der Waals surface area contributed by atoms with Gasteiger partial charge in [0.25, 0.3) is 5.91 Å². The second kappa shape index (κ2) is 10.9. The van der Waals surface area contributed by atoms with Gasteiger partial charge in [-0.15, -0.1) is 0 Å². The van der Waals surface area contributed by atoms with Gasteiger partial charge < -0.3 is 18.9 Å². The maximum atomic E-state index is 14.4. The lowest BCUT2D eigenvalue weighted by Crippen LogP contribution is -2.48. The molecule has 1 aliphatic heterocycles. The minimum atomic E-state index is -0.521. The van der Waals surface area contributed by atoms with E-state index < -0.39 is 6.04 Å². The highest BCUT2D eigenvalue weighted by molar-refractivity contribution is 6.30. The summed E-state index contributed by atoms with van der Waals surface area (Å²) in [4.78, 5) is 31.2. The summed E-state index contributed by atoms with van der Waals surface area (Å²) in [5.74, 6) is 0.820. The minimum absolute atomic E-state index is 0.114. The zero-order chi connectivity index (χ0) is 27.7. The number of ether oxygens (including phenoxy) is 2. The molecule has 1 aliphatic rings. The van der Waals surface area contributed by atoms with Crippen LogP contribution in [0.15, 0.2) is 85.1 Å². The van der Waals surface area contributed by atoms with Gasteiger partial charge in [-0.1, -0.05) is 23.7 Å². The van der Waals surface area contributed by atoms with Crippen LogP contribution < -0.4 is 14.4 Å². The van der Waals surface area contributed by atoms with Gasteiger partial charge in [0.15, 0.2) is 0 Å². The van der Waals surface area contributed by atoms with E-state index in [1.807, 2.05) is 74.6 Å². The van der Waals surface area contributed by atoms with Crippen LogP contribution >= 0.6 is 11.6 Å². The second-order valence-electron chi connectivity index (χ2n) is 9.60. The Labute approximate surface area is 233 Å². The summed E-state index contributed by atoms with van der Waals surface area (Å²) in [5.41, 5.74) is 3.76. The van der Waals surface area contributed by atoms with E-state index in [9.17, 15) is 9.59 Å². The number of hydrogen-bond donors (Lipinski definition) is 0. The third-order valence-corrected chi connectivity index (χ3v) is 7.25. The van der Waals surface area contributed by atoms with Crippen LogP contribution in [0, 0.1) is 0 Å². The average Bonchev–Trinajstić information content (AvgIpc) is 3.44. The average molecular weight is 544 g/mol. The monoisotopic (exact) mass is 543 g/mol. The summed E-state index contributed by atoms with van der Waals surface area (Å²) in [7, 11) is 3.22. The Morgan fingerprint density at radius 1 is 0.923 bits per heavy atom. The van der Waals surface area contributed by atoms with E-state index in [4.69, 9.17) is 21.1 Å². The van der Waals surface area contributed by atoms with Gasteiger partial charge in [0.1, 0.15) is 24.1 Å². The van der Waals surface area contributed by atoms with Crippen LogP contribution in [0.4, 0.5) is 5.69 Å². The van der Waals surface area contributed by atoms with Crippen molar-refractivity contribution in [1.82, 2.24) is 9.47 Å². The normalized spacial score (nSPS) is 14.0. The molecule has 0 saturated heterocycles. The second-order valence-corrected chi connectivity index (χ2v) is 10.0. The Hall–Kier alpha value is -4.23. The zero-order valence-electron chi connectivity index (χ0n) is 22.3. The molecule has 8 heteroatoms. The summed E-state index contributed by atoms with van der Waals surface area (Å²) >= 11 is 6.04. The highest BCUT2D eigenvalue weighted by Gasteiger charge is 2.39. The van der Waals surface area contributed by atoms with Crippen LogP contribution in [-0.4, -0.2) is 48.1 Å². The Bertz CT molecular complexity index is 1510. The molecule has 1 atom stereocenters. The van der Waals surface area contributed by atoms with Crippen molar-refractivity contribution in [2.24, 2.45) is 0 Å². The number of benzene rings is 3. The van der Waals surface area contributed by atoms with Crippen LogP contribution in [0.25, 0.3) is 5.69 Å². The van der Waals surface area contributed by atoms with Crippen LogP contribution in [0.2, 0.25) is 5.02 Å². The fourth-order valence-electron chi connectivity index (χ4n) is 5.08. The van der Waals surface area contributed by atoms with Crippen molar-refractivity contribution in [1.29, 1.82) is 0 Å². The standard InChI is InChI=1S/C31H30ClN3O4/c1-20(2)34(31(37)21-11-13-22(32)14-12-21)19-29(36)35-26-9-6-5-8-25(26)33-17-7-10-27(33)30(35)24-18-23(38-3)15-16-28(24)39-4/h5-18,20,30H,19H2,1-4H3. The number of carbonyl (C=O) groups excluding carboxylic acids is 2. The number of halogens is 1. The smallest absolute Gasteiger partial charge is 0.254 e. The molecule has 2 amide bonds.